The number of rotatable bonds is 5. The van der Waals surface area contributed by atoms with Crippen molar-refractivity contribution < 1.29 is 18.7 Å². The van der Waals surface area contributed by atoms with Crippen molar-refractivity contribution in [1.82, 2.24) is 0 Å². The lowest BCUT2D eigenvalue weighted by molar-refractivity contribution is -0.118. The first-order valence-corrected chi connectivity index (χ1v) is 9.04. The van der Waals surface area contributed by atoms with Crippen molar-refractivity contribution in [3.8, 4) is 11.5 Å². The minimum Gasteiger partial charge on any atom is -0.495 e. The van der Waals surface area contributed by atoms with Crippen LogP contribution in [0.15, 0.2) is 59.0 Å². The predicted octanol–water partition coefficient (Wildman–Crippen LogP) is 5.23. The molecule has 142 valence electrons. The van der Waals surface area contributed by atoms with Crippen molar-refractivity contribution in [3.05, 3.63) is 65.7 Å². The van der Waals surface area contributed by atoms with Crippen LogP contribution in [0.1, 0.15) is 11.1 Å². The van der Waals surface area contributed by atoms with E-state index >= 15 is 0 Å². The lowest BCUT2D eigenvalue weighted by Crippen LogP contribution is -2.20. The zero-order valence-electron chi connectivity index (χ0n) is 16.0. The van der Waals surface area contributed by atoms with E-state index in [2.05, 4.69) is 11.4 Å². The normalized spacial score (nSPS) is 11.0. The van der Waals surface area contributed by atoms with E-state index < -0.39 is 0 Å². The van der Waals surface area contributed by atoms with Gasteiger partial charge in [0.1, 0.15) is 22.7 Å². The number of benzene rings is 3. The van der Waals surface area contributed by atoms with Crippen molar-refractivity contribution in [3.63, 3.8) is 0 Å². The molecule has 0 aliphatic heterocycles. The molecule has 0 aliphatic rings. The molecule has 0 bridgehead atoms. The third-order valence-electron chi connectivity index (χ3n) is 4.54. The van der Waals surface area contributed by atoms with E-state index in [1.54, 1.807) is 13.2 Å². The van der Waals surface area contributed by atoms with E-state index in [0.717, 1.165) is 27.5 Å². The van der Waals surface area contributed by atoms with Crippen LogP contribution in [0.2, 0.25) is 0 Å². The maximum Gasteiger partial charge on any atom is 0.262 e. The number of hydrogen-bond acceptors (Lipinski definition) is 4. The van der Waals surface area contributed by atoms with Crippen LogP contribution in [0.25, 0.3) is 21.9 Å². The molecule has 1 N–H and O–H groups in total. The van der Waals surface area contributed by atoms with E-state index in [4.69, 9.17) is 13.9 Å². The van der Waals surface area contributed by atoms with Gasteiger partial charge in [-0.15, -0.1) is 0 Å². The van der Waals surface area contributed by atoms with E-state index in [9.17, 15) is 4.79 Å². The molecule has 1 amide bonds. The highest BCUT2D eigenvalue weighted by Crippen LogP contribution is 2.36. The molecule has 0 saturated carbocycles. The van der Waals surface area contributed by atoms with Crippen molar-refractivity contribution in [1.29, 1.82) is 0 Å². The molecule has 0 fully saturated rings. The molecule has 3 aromatic carbocycles. The van der Waals surface area contributed by atoms with Gasteiger partial charge in [-0.1, -0.05) is 24.3 Å². The Morgan fingerprint density at radius 3 is 2.46 bits per heavy atom. The van der Waals surface area contributed by atoms with Gasteiger partial charge in [-0.2, -0.15) is 0 Å². The number of fused-ring (bicyclic) bond motifs is 3. The number of para-hydroxylation sites is 1. The number of aryl methyl sites for hydroxylation is 2. The van der Waals surface area contributed by atoms with Gasteiger partial charge in [0.05, 0.1) is 12.8 Å². The van der Waals surface area contributed by atoms with E-state index in [1.165, 1.54) is 0 Å². The third-order valence-corrected chi connectivity index (χ3v) is 4.54. The third kappa shape index (κ3) is 3.51. The summed E-state index contributed by atoms with van der Waals surface area (Å²) in [6, 6.07) is 17.3. The molecule has 0 saturated heterocycles. The molecular formula is C23H21NO4. The van der Waals surface area contributed by atoms with Gasteiger partial charge in [-0.3, -0.25) is 4.79 Å². The van der Waals surface area contributed by atoms with Crippen LogP contribution < -0.4 is 14.8 Å². The van der Waals surface area contributed by atoms with Crippen molar-refractivity contribution >= 4 is 33.5 Å². The van der Waals surface area contributed by atoms with Gasteiger partial charge in [-0.25, -0.2) is 0 Å². The fourth-order valence-corrected chi connectivity index (χ4v) is 3.37. The molecule has 4 aromatic rings. The Hall–Kier alpha value is -3.47. The van der Waals surface area contributed by atoms with Gasteiger partial charge in [0, 0.05) is 16.8 Å². The Balaban J connectivity index is 1.56. The molecule has 0 unspecified atom stereocenters. The number of carbonyl (C=O) groups is 1. The van der Waals surface area contributed by atoms with Crippen LogP contribution in [0.3, 0.4) is 0 Å². The number of anilines is 1. The van der Waals surface area contributed by atoms with Crippen LogP contribution in [0.5, 0.6) is 11.5 Å². The highest BCUT2D eigenvalue weighted by Gasteiger charge is 2.14. The molecule has 4 rings (SSSR count). The highest BCUT2D eigenvalue weighted by atomic mass is 16.5. The van der Waals surface area contributed by atoms with Crippen LogP contribution in [-0.4, -0.2) is 19.6 Å². The maximum atomic E-state index is 12.4. The van der Waals surface area contributed by atoms with Gasteiger partial charge in [0.15, 0.2) is 6.61 Å². The standard InChI is InChI=1S/C23H21NO4/c1-14-8-15(2)10-16(9-14)27-13-23(25)24-19-12-21-18(11-22(19)26-3)17-6-4-5-7-20(17)28-21/h4-12H,13H2,1-3H3,(H,24,25). The monoisotopic (exact) mass is 375 g/mol. The number of furan rings is 1. The molecule has 5 nitrogen and oxygen atoms in total. The zero-order chi connectivity index (χ0) is 19.7. The summed E-state index contributed by atoms with van der Waals surface area (Å²) in [6.07, 6.45) is 0. The van der Waals surface area contributed by atoms with Crippen molar-refractivity contribution in [2.75, 3.05) is 19.0 Å². The summed E-state index contributed by atoms with van der Waals surface area (Å²) in [7, 11) is 1.57. The molecule has 5 heteroatoms. The van der Waals surface area contributed by atoms with Crippen LogP contribution in [-0.2, 0) is 4.79 Å². The summed E-state index contributed by atoms with van der Waals surface area (Å²) in [4.78, 5) is 12.4. The second-order valence-electron chi connectivity index (χ2n) is 6.81. The second kappa shape index (κ2) is 7.27. The topological polar surface area (TPSA) is 60.7 Å². The van der Waals surface area contributed by atoms with Crippen LogP contribution >= 0.6 is 0 Å². The van der Waals surface area contributed by atoms with E-state index in [1.807, 2.05) is 56.3 Å². The average Bonchev–Trinajstić information content (AvgIpc) is 3.02. The molecule has 0 aliphatic carbocycles. The zero-order valence-corrected chi connectivity index (χ0v) is 16.0. The van der Waals surface area contributed by atoms with E-state index in [0.29, 0.717) is 22.8 Å². The molecule has 0 atom stereocenters. The Labute approximate surface area is 162 Å². The minimum atomic E-state index is -0.270. The van der Waals surface area contributed by atoms with Crippen molar-refractivity contribution in [2.24, 2.45) is 0 Å². The highest BCUT2D eigenvalue weighted by molar-refractivity contribution is 6.07. The Bertz CT molecular complexity index is 1160. The number of carbonyl (C=O) groups excluding carboxylic acids is 1. The summed E-state index contributed by atoms with van der Waals surface area (Å²) in [6.45, 7) is 3.89. The van der Waals surface area contributed by atoms with E-state index in [-0.39, 0.29) is 12.5 Å². The summed E-state index contributed by atoms with van der Waals surface area (Å²) < 4.78 is 17.0. The Morgan fingerprint density at radius 2 is 1.71 bits per heavy atom. The second-order valence-corrected chi connectivity index (χ2v) is 6.81. The van der Waals surface area contributed by atoms with Gasteiger partial charge in [-0.05, 0) is 49.2 Å². The largest absolute Gasteiger partial charge is 0.495 e. The summed E-state index contributed by atoms with van der Waals surface area (Å²) >= 11 is 0. The average molecular weight is 375 g/mol. The Kier molecular flexibility index (Phi) is 4.65. The number of ether oxygens (including phenoxy) is 2. The van der Waals surface area contributed by atoms with Crippen LogP contribution in [0.4, 0.5) is 5.69 Å². The molecular weight excluding hydrogens is 354 g/mol. The number of hydrogen-bond donors (Lipinski definition) is 1. The van der Waals surface area contributed by atoms with Gasteiger partial charge in [0.2, 0.25) is 0 Å². The first-order valence-electron chi connectivity index (χ1n) is 9.04. The van der Waals surface area contributed by atoms with Crippen LogP contribution in [0, 0.1) is 13.8 Å². The minimum absolute atomic E-state index is 0.0930. The fraction of sp³-hybridized carbons (Fsp3) is 0.174. The lowest BCUT2D eigenvalue weighted by Gasteiger charge is -2.12. The smallest absolute Gasteiger partial charge is 0.262 e. The number of methoxy groups -OCH3 is 1. The fourth-order valence-electron chi connectivity index (χ4n) is 3.37. The number of nitrogens with one attached hydrogen (secondary N) is 1. The van der Waals surface area contributed by atoms with Gasteiger partial charge < -0.3 is 19.2 Å². The molecule has 28 heavy (non-hydrogen) atoms. The quantitative estimate of drug-likeness (QED) is 0.519. The molecule has 1 aromatic heterocycles. The molecule has 1 heterocycles. The Morgan fingerprint density at radius 1 is 0.964 bits per heavy atom. The first kappa shape index (κ1) is 17.9. The first-order chi connectivity index (χ1) is 13.5. The van der Waals surface area contributed by atoms with Crippen molar-refractivity contribution in [2.45, 2.75) is 13.8 Å². The predicted molar refractivity (Wildman–Crippen MR) is 110 cm³/mol. The van der Waals surface area contributed by atoms with Gasteiger partial charge in [0.25, 0.3) is 5.91 Å². The SMILES string of the molecule is COc1cc2c(cc1NC(=O)COc1cc(C)cc(C)c1)oc1ccccc12. The van der Waals surface area contributed by atoms with Gasteiger partial charge >= 0.3 is 0 Å². The summed E-state index contributed by atoms with van der Waals surface area (Å²) in [5, 5.41) is 4.80. The maximum absolute atomic E-state index is 12.4. The lowest BCUT2D eigenvalue weighted by atomic mass is 10.1. The molecule has 0 radical (unpaired) electrons. The molecule has 0 spiro atoms. The summed E-state index contributed by atoms with van der Waals surface area (Å²) in [5.74, 6) is 0.971. The number of amides is 1. The summed E-state index contributed by atoms with van der Waals surface area (Å²) in [5.41, 5.74) is 4.21.